The molecule has 1 fully saturated rings. The number of primary sulfonamides is 1. The lowest BCUT2D eigenvalue weighted by Crippen LogP contribution is -2.38. The zero-order chi connectivity index (χ0) is 18.1. The van der Waals surface area contributed by atoms with E-state index >= 15 is 0 Å². The van der Waals surface area contributed by atoms with E-state index in [0.29, 0.717) is 12.2 Å². The summed E-state index contributed by atoms with van der Waals surface area (Å²) in [7, 11) is -3.64. The van der Waals surface area contributed by atoms with Crippen LogP contribution in [0.5, 0.6) is 0 Å². The summed E-state index contributed by atoms with van der Waals surface area (Å²) >= 11 is 0. The van der Waals surface area contributed by atoms with Crippen molar-refractivity contribution in [3.63, 3.8) is 0 Å². The Hall–Kier alpha value is -1.80. The summed E-state index contributed by atoms with van der Waals surface area (Å²) in [4.78, 5) is 4.10. The van der Waals surface area contributed by atoms with Gasteiger partial charge in [-0.25, -0.2) is 13.6 Å². The van der Waals surface area contributed by atoms with E-state index in [-0.39, 0.29) is 18.9 Å². The number of nitrogens with zero attached hydrogens (tertiary/aromatic N) is 1. The molecule has 0 amide bonds. The first-order valence-electron chi connectivity index (χ1n) is 8.13. The van der Waals surface area contributed by atoms with Gasteiger partial charge >= 0.3 is 0 Å². The van der Waals surface area contributed by atoms with Gasteiger partial charge in [0.15, 0.2) is 0 Å². The van der Waals surface area contributed by atoms with Crippen molar-refractivity contribution in [1.29, 1.82) is 0 Å². The molecule has 0 saturated carbocycles. The fourth-order valence-electron chi connectivity index (χ4n) is 3.21. The Morgan fingerprint density at radius 2 is 2.04 bits per heavy atom. The van der Waals surface area contributed by atoms with Crippen molar-refractivity contribution >= 4 is 10.0 Å². The molecule has 1 aromatic carbocycles. The quantitative estimate of drug-likeness (QED) is 0.842. The van der Waals surface area contributed by atoms with Crippen LogP contribution in [0.2, 0.25) is 0 Å². The second kappa shape index (κ2) is 6.84. The Labute approximate surface area is 147 Å². The zero-order valence-corrected chi connectivity index (χ0v) is 14.8. The van der Waals surface area contributed by atoms with Crippen molar-refractivity contribution in [1.82, 2.24) is 4.98 Å². The Kier molecular flexibility index (Phi) is 4.92. The van der Waals surface area contributed by atoms with Crippen molar-refractivity contribution in [2.45, 2.75) is 24.2 Å². The zero-order valence-electron chi connectivity index (χ0n) is 14.0. The van der Waals surface area contributed by atoms with Crippen molar-refractivity contribution in [3.05, 3.63) is 54.4 Å². The van der Waals surface area contributed by atoms with E-state index in [1.54, 1.807) is 19.3 Å². The van der Waals surface area contributed by atoms with Crippen molar-refractivity contribution in [2.24, 2.45) is 11.1 Å². The minimum absolute atomic E-state index is 0.140. The van der Waals surface area contributed by atoms with Crippen molar-refractivity contribution in [2.75, 3.05) is 13.2 Å². The van der Waals surface area contributed by atoms with Crippen LogP contribution in [0.3, 0.4) is 0 Å². The maximum absolute atomic E-state index is 11.5. The molecule has 6 nitrogen and oxygen atoms in total. The fraction of sp³-hybridized carbons (Fsp3) is 0.389. The van der Waals surface area contributed by atoms with Gasteiger partial charge in [0.1, 0.15) is 5.60 Å². The lowest BCUT2D eigenvalue weighted by molar-refractivity contribution is -0.00577. The van der Waals surface area contributed by atoms with Crippen LogP contribution >= 0.6 is 0 Å². The molecule has 7 heteroatoms. The van der Waals surface area contributed by atoms with E-state index in [0.717, 1.165) is 11.1 Å². The molecular formula is C18H22N2O4S. The molecule has 25 heavy (non-hydrogen) atoms. The lowest BCUT2D eigenvalue weighted by atomic mass is 9.81. The molecule has 0 radical (unpaired) electrons. The summed E-state index contributed by atoms with van der Waals surface area (Å²) in [6, 6.07) is 11.4. The summed E-state index contributed by atoms with van der Waals surface area (Å²) < 4.78 is 28.5. The van der Waals surface area contributed by atoms with E-state index < -0.39 is 20.9 Å². The molecule has 1 aliphatic rings. The van der Waals surface area contributed by atoms with E-state index in [4.69, 9.17) is 9.88 Å². The highest BCUT2D eigenvalue weighted by molar-refractivity contribution is 7.89. The minimum atomic E-state index is -3.64. The van der Waals surface area contributed by atoms with Crippen LogP contribution in [0.25, 0.3) is 11.1 Å². The first-order valence-corrected chi connectivity index (χ1v) is 9.74. The van der Waals surface area contributed by atoms with Crippen molar-refractivity contribution in [3.8, 4) is 11.1 Å². The minimum Gasteiger partial charge on any atom is -0.382 e. The number of aromatic nitrogens is 1. The number of pyridine rings is 1. The van der Waals surface area contributed by atoms with Gasteiger partial charge in [-0.15, -0.1) is 0 Å². The molecule has 3 N–H and O–H groups in total. The molecule has 3 atom stereocenters. The molecule has 2 aromatic rings. The number of ether oxygens (including phenoxy) is 1. The molecule has 2 heterocycles. The van der Waals surface area contributed by atoms with Gasteiger partial charge in [-0.2, -0.15) is 0 Å². The Bertz CT molecular complexity index is 824. The van der Waals surface area contributed by atoms with Gasteiger partial charge in [0.2, 0.25) is 10.0 Å². The fourth-order valence-corrected chi connectivity index (χ4v) is 3.71. The Balaban J connectivity index is 1.84. The highest BCUT2D eigenvalue weighted by atomic mass is 32.2. The third-order valence-electron chi connectivity index (χ3n) is 4.87. The summed E-state index contributed by atoms with van der Waals surface area (Å²) in [5, 5.41) is 15.6. The highest BCUT2D eigenvalue weighted by Gasteiger charge is 2.45. The van der Waals surface area contributed by atoms with Crippen LogP contribution in [-0.2, 0) is 20.4 Å². The van der Waals surface area contributed by atoms with Gasteiger partial charge in [0, 0.05) is 18.3 Å². The Morgan fingerprint density at radius 3 is 2.64 bits per heavy atom. The van der Waals surface area contributed by atoms with Gasteiger partial charge in [-0.1, -0.05) is 30.3 Å². The average Bonchev–Trinajstić information content (AvgIpc) is 2.97. The van der Waals surface area contributed by atoms with Gasteiger partial charge in [-0.3, -0.25) is 4.98 Å². The number of rotatable bonds is 5. The average molecular weight is 362 g/mol. The normalized spacial score (nSPS) is 25.0. The largest absolute Gasteiger partial charge is 0.382 e. The summed E-state index contributed by atoms with van der Waals surface area (Å²) in [5.74, 6) is -0.329. The number of nitrogens with two attached hydrogens (primary N) is 1. The first-order chi connectivity index (χ1) is 11.8. The first kappa shape index (κ1) is 18.0. The van der Waals surface area contributed by atoms with Gasteiger partial charge < -0.3 is 9.84 Å². The highest BCUT2D eigenvalue weighted by Crippen LogP contribution is 2.39. The number of aliphatic hydroxyl groups is 1. The number of benzene rings is 1. The van der Waals surface area contributed by atoms with Crippen LogP contribution in [-0.4, -0.2) is 37.0 Å². The van der Waals surface area contributed by atoms with E-state index in [1.807, 2.05) is 36.4 Å². The second-order valence-electron chi connectivity index (χ2n) is 6.59. The molecule has 1 saturated heterocycles. The Morgan fingerprint density at radius 1 is 1.32 bits per heavy atom. The number of hydrogen-bond donors (Lipinski definition) is 2. The second-order valence-corrected chi connectivity index (χ2v) is 8.57. The maximum Gasteiger partial charge on any atom is 0.211 e. The van der Waals surface area contributed by atoms with E-state index in [2.05, 4.69) is 4.98 Å². The standard InChI is InChI=1S/C18H22N2O4S/c1-13(25(19,22)23)9-17-11-24-12-18(17,21)16-6-4-14(5-7-16)15-3-2-8-20-10-15/h2-8,10,13,17,21H,9,11-12H2,1H3,(H2,19,22,23). The van der Waals surface area contributed by atoms with Crippen LogP contribution in [0.15, 0.2) is 48.8 Å². The van der Waals surface area contributed by atoms with E-state index in [1.165, 1.54) is 0 Å². The monoisotopic (exact) mass is 362 g/mol. The molecule has 0 bridgehead atoms. The van der Waals surface area contributed by atoms with Gasteiger partial charge in [-0.05, 0) is 36.1 Å². The number of sulfonamides is 1. The molecule has 1 aromatic heterocycles. The summed E-state index contributed by atoms with van der Waals surface area (Å²) in [6.45, 7) is 2.00. The topological polar surface area (TPSA) is 103 Å². The molecule has 3 unspecified atom stereocenters. The predicted octanol–water partition coefficient (Wildman–Crippen LogP) is 1.65. The third-order valence-corrected chi connectivity index (χ3v) is 6.19. The van der Waals surface area contributed by atoms with Crippen LogP contribution in [0.1, 0.15) is 18.9 Å². The molecule has 134 valence electrons. The van der Waals surface area contributed by atoms with Gasteiger partial charge in [0.05, 0.1) is 18.5 Å². The summed E-state index contributed by atoms with van der Waals surface area (Å²) in [5.41, 5.74) is 1.48. The number of hydrogen-bond acceptors (Lipinski definition) is 5. The smallest absolute Gasteiger partial charge is 0.211 e. The third kappa shape index (κ3) is 3.74. The van der Waals surface area contributed by atoms with Gasteiger partial charge in [0.25, 0.3) is 0 Å². The summed E-state index contributed by atoms with van der Waals surface area (Å²) in [6.07, 6.45) is 3.74. The maximum atomic E-state index is 11.5. The molecule has 3 rings (SSSR count). The van der Waals surface area contributed by atoms with Crippen LogP contribution < -0.4 is 5.14 Å². The molecular weight excluding hydrogens is 340 g/mol. The van der Waals surface area contributed by atoms with Crippen molar-refractivity contribution < 1.29 is 18.3 Å². The lowest BCUT2D eigenvalue weighted by Gasteiger charge is -2.30. The SMILES string of the molecule is CC(CC1COCC1(O)c1ccc(-c2cccnc2)cc1)S(N)(=O)=O. The van der Waals surface area contributed by atoms with E-state index in [9.17, 15) is 13.5 Å². The predicted molar refractivity (Wildman–Crippen MR) is 95.1 cm³/mol. The van der Waals surface area contributed by atoms with Crippen LogP contribution in [0, 0.1) is 5.92 Å². The molecule has 0 spiro atoms. The van der Waals surface area contributed by atoms with Crippen LogP contribution in [0.4, 0.5) is 0 Å². The molecule has 1 aliphatic heterocycles. The molecule has 0 aliphatic carbocycles.